The number of phosphoric ester groups is 2. The van der Waals surface area contributed by atoms with Crippen LogP contribution in [-0.4, -0.2) is 55.7 Å². The Morgan fingerprint density at radius 1 is 0.884 bits per heavy atom. The van der Waals surface area contributed by atoms with Gasteiger partial charge in [0, 0.05) is 12.0 Å². The molecule has 0 amide bonds. The maximum atomic E-state index is 12.7. The number of nitrogen functional groups attached to an aromatic ring is 1. The molecule has 1 aliphatic rings. The first kappa shape index (κ1) is 31.2. The van der Waals surface area contributed by atoms with Crippen molar-refractivity contribution in [1.29, 1.82) is 0 Å². The average Bonchev–Trinajstić information content (AvgIpc) is 3.37. The molecule has 0 radical (unpaired) electrons. The molecule has 5 N–H and O–H groups in total. The lowest BCUT2D eigenvalue weighted by atomic mass is 9.70. The number of hydrogen-bond acceptors (Lipinski definition) is 10. The quantitative estimate of drug-likeness (QED) is 0.139. The number of imidazole rings is 1. The largest absolute Gasteiger partial charge is 0.472 e. The molecule has 2 unspecified atom stereocenters. The van der Waals surface area contributed by atoms with Crippen LogP contribution in [0.25, 0.3) is 11.2 Å². The fourth-order valence-corrected chi connectivity index (χ4v) is 6.55. The molecule has 2 aromatic heterocycles. The molecule has 0 aliphatic heterocycles. The van der Waals surface area contributed by atoms with E-state index in [1.54, 1.807) is 4.57 Å². The van der Waals surface area contributed by atoms with E-state index >= 15 is 0 Å². The molecule has 0 spiro atoms. The Morgan fingerprint density at radius 2 is 1.44 bits per heavy atom. The van der Waals surface area contributed by atoms with E-state index in [4.69, 9.17) is 23.8 Å². The molecule has 5 rings (SSSR count). The number of H-pyrrole nitrogens is 1. The van der Waals surface area contributed by atoms with Crippen LogP contribution in [0, 0.1) is 11.8 Å². The fraction of sp³-hybridized carbons (Fsp3) is 0.370. The third kappa shape index (κ3) is 8.26. The standard InChI is InChI=1S/C27H33N5O9P2/c28-27-30-25-24(26(33)31-27)29-18-32(25)23-15-21(16-40-42(34,35)38-13-11-19-7-3-1-4-8-19)22(23)17-41-43(36,37)39-14-12-20-9-5-2-6-10-20/h1-10,18,21-23H,11-17H2,(H,34,35)(H,36,37)(H3,28,30,31,33)/t21-,22-,23-/m1/s1. The second-order valence-electron chi connectivity index (χ2n) is 10.2. The molecule has 0 bridgehead atoms. The number of anilines is 1. The number of nitrogens with zero attached hydrogens (tertiary/aromatic N) is 3. The van der Waals surface area contributed by atoms with Gasteiger partial charge in [-0.2, -0.15) is 4.98 Å². The van der Waals surface area contributed by atoms with Gasteiger partial charge < -0.3 is 20.1 Å². The Morgan fingerprint density at radius 3 is 2.02 bits per heavy atom. The SMILES string of the molecule is Nc1nc2c(ncn2[C@@H]2C[C@H](COP(=O)(O)OCCc3ccccc3)[C@H]2COP(=O)(O)OCCc2ccccc2)c(=O)[nH]1. The van der Waals surface area contributed by atoms with E-state index < -0.39 is 33.2 Å². The number of nitrogens with two attached hydrogens (primary N) is 1. The first-order valence-corrected chi connectivity index (χ1v) is 16.6. The Hall–Kier alpha value is -3.19. The maximum absolute atomic E-state index is 12.7. The van der Waals surface area contributed by atoms with Crippen molar-refractivity contribution in [1.82, 2.24) is 19.5 Å². The summed E-state index contributed by atoms with van der Waals surface area (Å²) in [6.07, 6.45) is 2.67. The van der Waals surface area contributed by atoms with Crippen molar-refractivity contribution < 1.29 is 37.0 Å². The Balaban J connectivity index is 1.23. The highest BCUT2D eigenvalue weighted by molar-refractivity contribution is 7.47. The van der Waals surface area contributed by atoms with Crippen LogP contribution >= 0.6 is 15.6 Å². The van der Waals surface area contributed by atoms with Crippen molar-refractivity contribution in [3.8, 4) is 0 Å². The van der Waals surface area contributed by atoms with Crippen molar-refractivity contribution in [3.05, 3.63) is 88.5 Å². The van der Waals surface area contributed by atoms with E-state index in [2.05, 4.69) is 15.0 Å². The van der Waals surface area contributed by atoms with Crippen LogP contribution in [0.3, 0.4) is 0 Å². The highest BCUT2D eigenvalue weighted by Crippen LogP contribution is 2.52. The zero-order valence-corrected chi connectivity index (χ0v) is 24.9. The summed E-state index contributed by atoms with van der Waals surface area (Å²) in [4.78, 5) is 43.6. The minimum absolute atomic E-state index is 0.0195. The van der Waals surface area contributed by atoms with Crippen LogP contribution in [0.4, 0.5) is 5.95 Å². The van der Waals surface area contributed by atoms with Crippen molar-refractivity contribution >= 4 is 32.8 Å². The number of rotatable bonds is 15. The van der Waals surface area contributed by atoms with Crippen LogP contribution in [0.2, 0.25) is 0 Å². The number of aromatic nitrogens is 4. The summed E-state index contributed by atoms with van der Waals surface area (Å²) >= 11 is 0. The lowest BCUT2D eigenvalue weighted by Crippen LogP contribution is -2.43. The second kappa shape index (κ2) is 13.6. The van der Waals surface area contributed by atoms with Crippen LogP contribution in [0.1, 0.15) is 23.6 Å². The summed E-state index contributed by atoms with van der Waals surface area (Å²) in [6, 6.07) is 18.3. The number of phosphoric acid groups is 2. The summed E-state index contributed by atoms with van der Waals surface area (Å²) < 4.78 is 47.9. The lowest BCUT2D eigenvalue weighted by Gasteiger charge is -2.45. The first-order chi connectivity index (χ1) is 20.6. The summed E-state index contributed by atoms with van der Waals surface area (Å²) in [5, 5.41) is 0. The van der Waals surface area contributed by atoms with Gasteiger partial charge in [-0.1, -0.05) is 60.7 Å². The van der Waals surface area contributed by atoms with E-state index in [1.807, 2.05) is 60.7 Å². The molecule has 1 saturated carbocycles. The van der Waals surface area contributed by atoms with Crippen molar-refractivity contribution in [2.24, 2.45) is 11.8 Å². The Labute approximate surface area is 247 Å². The van der Waals surface area contributed by atoms with E-state index in [1.165, 1.54) is 6.33 Å². The van der Waals surface area contributed by atoms with Gasteiger partial charge in [-0.25, -0.2) is 14.1 Å². The normalized spacial score (nSPS) is 21.2. The molecule has 1 aliphatic carbocycles. The van der Waals surface area contributed by atoms with Gasteiger partial charge in [-0.15, -0.1) is 0 Å². The molecular formula is C27H33N5O9P2. The van der Waals surface area contributed by atoms with E-state index in [-0.39, 0.29) is 49.5 Å². The molecule has 230 valence electrons. The third-order valence-electron chi connectivity index (χ3n) is 7.31. The fourth-order valence-electron chi connectivity index (χ4n) is 5.01. The predicted octanol–water partition coefficient (Wildman–Crippen LogP) is 3.63. The topological polar surface area (TPSA) is 201 Å². The minimum atomic E-state index is -4.44. The minimum Gasteiger partial charge on any atom is -0.369 e. The van der Waals surface area contributed by atoms with Gasteiger partial charge in [0.2, 0.25) is 5.95 Å². The zero-order valence-electron chi connectivity index (χ0n) is 23.1. The smallest absolute Gasteiger partial charge is 0.369 e. The molecule has 4 aromatic rings. The van der Waals surface area contributed by atoms with Gasteiger partial charge in [-0.05, 0) is 36.3 Å². The molecule has 2 heterocycles. The van der Waals surface area contributed by atoms with E-state index in [0.29, 0.717) is 19.3 Å². The average molecular weight is 634 g/mol. The van der Waals surface area contributed by atoms with Gasteiger partial charge >= 0.3 is 15.6 Å². The molecule has 14 nitrogen and oxygen atoms in total. The zero-order chi connectivity index (χ0) is 30.5. The van der Waals surface area contributed by atoms with Gasteiger partial charge in [0.25, 0.3) is 5.56 Å². The lowest BCUT2D eigenvalue weighted by molar-refractivity contribution is -0.0105. The molecular weight excluding hydrogens is 600 g/mol. The van der Waals surface area contributed by atoms with Crippen molar-refractivity contribution in [3.63, 3.8) is 0 Å². The number of benzene rings is 2. The van der Waals surface area contributed by atoms with E-state index in [0.717, 1.165) is 11.1 Å². The van der Waals surface area contributed by atoms with Gasteiger partial charge in [0.05, 0.1) is 32.8 Å². The molecule has 5 atom stereocenters. The van der Waals surface area contributed by atoms with Gasteiger partial charge in [0.15, 0.2) is 11.2 Å². The number of fused-ring (bicyclic) bond motifs is 1. The molecule has 16 heteroatoms. The molecule has 43 heavy (non-hydrogen) atoms. The van der Waals surface area contributed by atoms with Crippen LogP contribution in [-0.2, 0) is 40.1 Å². The van der Waals surface area contributed by atoms with Crippen LogP contribution in [0.5, 0.6) is 0 Å². The highest BCUT2D eigenvalue weighted by Gasteiger charge is 2.45. The van der Waals surface area contributed by atoms with Crippen LogP contribution < -0.4 is 11.3 Å². The summed E-state index contributed by atoms with van der Waals surface area (Å²) in [5.74, 6) is -0.960. The van der Waals surface area contributed by atoms with Gasteiger partial charge in [-0.3, -0.25) is 27.9 Å². The van der Waals surface area contributed by atoms with Crippen molar-refractivity contribution in [2.45, 2.75) is 25.3 Å². The summed E-state index contributed by atoms with van der Waals surface area (Å²) in [5.41, 5.74) is 7.43. The molecule has 2 aromatic carbocycles. The van der Waals surface area contributed by atoms with E-state index in [9.17, 15) is 23.7 Å². The number of aromatic amines is 1. The molecule has 0 saturated heterocycles. The molecule has 1 fully saturated rings. The number of nitrogens with one attached hydrogen (secondary N) is 1. The predicted molar refractivity (Wildman–Crippen MR) is 157 cm³/mol. The Kier molecular flexibility index (Phi) is 9.90. The number of hydrogen-bond donors (Lipinski definition) is 4. The highest BCUT2D eigenvalue weighted by atomic mass is 31.2. The first-order valence-electron chi connectivity index (χ1n) is 13.6. The van der Waals surface area contributed by atoms with Crippen molar-refractivity contribution in [2.75, 3.05) is 32.2 Å². The second-order valence-corrected chi connectivity index (χ2v) is 13.1. The third-order valence-corrected chi connectivity index (χ3v) is 9.28. The maximum Gasteiger partial charge on any atom is 0.472 e. The monoisotopic (exact) mass is 633 g/mol. The van der Waals surface area contributed by atoms with Crippen LogP contribution in [0.15, 0.2) is 71.8 Å². The summed E-state index contributed by atoms with van der Waals surface area (Å²) in [7, 11) is -8.82. The van der Waals surface area contributed by atoms with Gasteiger partial charge in [0.1, 0.15) is 0 Å². The summed E-state index contributed by atoms with van der Waals surface area (Å²) in [6.45, 7) is -0.489. The Bertz CT molecular complexity index is 1670.